The van der Waals surface area contributed by atoms with Crippen LogP contribution < -0.4 is 0 Å². The van der Waals surface area contributed by atoms with Crippen LogP contribution in [0.1, 0.15) is 0 Å². The smallest absolute Gasteiger partial charge is 0.258 e. The van der Waals surface area contributed by atoms with Crippen LogP contribution in [0.3, 0.4) is 0 Å². The molecule has 0 aliphatic carbocycles. The van der Waals surface area contributed by atoms with E-state index in [1.807, 2.05) is 78.9 Å². The van der Waals surface area contributed by atoms with E-state index in [-0.39, 0.29) is 10.6 Å². The SMILES string of the molecule is O=[N+]([O-])c1cc(-c2ccc(-c3ccccc3)cc2)cc(Br)c1-c1ccccc1. The topological polar surface area (TPSA) is 43.1 Å². The number of benzene rings is 4. The molecule has 4 aromatic rings. The molecule has 0 atom stereocenters. The summed E-state index contributed by atoms with van der Waals surface area (Å²) < 4.78 is 0.704. The third-order valence-electron chi connectivity index (χ3n) is 4.65. The van der Waals surface area contributed by atoms with Gasteiger partial charge in [-0.05, 0) is 49.8 Å². The van der Waals surface area contributed by atoms with Gasteiger partial charge in [-0.2, -0.15) is 0 Å². The van der Waals surface area contributed by atoms with E-state index in [4.69, 9.17) is 0 Å². The Bertz CT molecular complexity index is 1120. The Balaban J connectivity index is 1.78. The lowest BCUT2D eigenvalue weighted by Crippen LogP contribution is -1.94. The van der Waals surface area contributed by atoms with E-state index in [1.165, 1.54) is 0 Å². The van der Waals surface area contributed by atoms with E-state index in [9.17, 15) is 10.1 Å². The summed E-state index contributed by atoms with van der Waals surface area (Å²) >= 11 is 3.55. The van der Waals surface area contributed by atoms with Crippen molar-refractivity contribution in [1.82, 2.24) is 0 Å². The van der Waals surface area contributed by atoms with Crippen LogP contribution in [0, 0.1) is 10.1 Å². The summed E-state index contributed by atoms with van der Waals surface area (Å²) in [5.41, 5.74) is 5.48. The number of hydrogen-bond donors (Lipinski definition) is 0. The highest BCUT2D eigenvalue weighted by atomic mass is 79.9. The Labute approximate surface area is 171 Å². The normalized spacial score (nSPS) is 10.6. The highest BCUT2D eigenvalue weighted by molar-refractivity contribution is 9.10. The maximum absolute atomic E-state index is 11.8. The van der Waals surface area contributed by atoms with Gasteiger partial charge in [-0.25, -0.2) is 0 Å². The Hall–Kier alpha value is -3.24. The summed E-state index contributed by atoms with van der Waals surface area (Å²) in [6, 6.07) is 31.2. The second kappa shape index (κ2) is 7.79. The van der Waals surface area contributed by atoms with Crippen molar-refractivity contribution in [1.29, 1.82) is 0 Å². The van der Waals surface area contributed by atoms with Gasteiger partial charge in [-0.15, -0.1) is 0 Å². The van der Waals surface area contributed by atoms with Crippen molar-refractivity contribution < 1.29 is 4.92 Å². The van der Waals surface area contributed by atoms with Crippen LogP contribution in [0.4, 0.5) is 5.69 Å². The minimum absolute atomic E-state index is 0.0858. The van der Waals surface area contributed by atoms with Gasteiger partial charge < -0.3 is 0 Å². The van der Waals surface area contributed by atoms with Gasteiger partial charge >= 0.3 is 0 Å². The minimum atomic E-state index is -0.324. The molecule has 0 spiro atoms. The summed E-state index contributed by atoms with van der Waals surface area (Å²) in [7, 11) is 0. The first-order chi connectivity index (χ1) is 13.6. The average molecular weight is 430 g/mol. The molecule has 0 bridgehead atoms. The van der Waals surface area contributed by atoms with Gasteiger partial charge in [-0.3, -0.25) is 10.1 Å². The van der Waals surface area contributed by atoms with Crippen LogP contribution in [0.15, 0.2) is 102 Å². The lowest BCUT2D eigenvalue weighted by atomic mass is 9.97. The molecule has 0 fully saturated rings. The molecule has 28 heavy (non-hydrogen) atoms. The summed E-state index contributed by atoms with van der Waals surface area (Å²) in [4.78, 5) is 11.4. The van der Waals surface area contributed by atoms with Crippen molar-refractivity contribution in [2.45, 2.75) is 0 Å². The Morgan fingerprint density at radius 3 is 1.61 bits per heavy atom. The Morgan fingerprint density at radius 2 is 1.07 bits per heavy atom. The van der Waals surface area contributed by atoms with Crippen molar-refractivity contribution >= 4 is 21.6 Å². The zero-order valence-corrected chi connectivity index (χ0v) is 16.5. The molecule has 0 unspecified atom stereocenters. The zero-order chi connectivity index (χ0) is 19.5. The number of halogens is 1. The van der Waals surface area contributed by atoms with Crippen LogP contribution in [0.5, 0.6) is 0 Å². The van der Waals surface area contributed by atoms with Gasteiger partial charge in [0.25, 0.3) is 5.69 Å². The van der Waals surface area contributed by atoms with Crippen LogP contribution in [-0.4, -0.2) is 4.92 Å². The number of rotatable bonds is 4. The van der Waals surface area contributed by atoms with E-state index in [1.54, 1.807) is 6.07 Å². The first-order valence-electron chi connectivity index (χ1n) is 8.83. The molecule has 4 rings (SSSR count). The summed E-state index contributed by atoms with van der Waals surface area (Å²) in [5, 5.41) is 11.8. The fourth-order valence-corrected chi connectivity index (χ4v) is 3.96. The van der Waals surface area contributed by atoms with Gasteiger partial charge in [0.05, 0.1) is 10.5 Å². The Kier molecular flexibility index (Phi) is 5.04. The van der Waals surface area contributed by atoms with Crippen molar-refractivity contribution in [3.05, 3.63) is 112 Å². The average Bonchev–Trinajstić information content (AvgIpc) is 2.74. The highest BCUT2D eigenvalue weighted by Crippen LogP contribution is 2.40. The molecular formula is C24H16BrNO2. The summed E-state index contributed by atoms with van der Waals surface area (Å²) in [6.45, 7) is 0. The number of nitrogens with zero attached hydrogens (tertiary/aromatic N) is 1. The van der Waals surface area contributed by atoms with Crippen LogP contribution in [0.2, 0.25) is 0 Å². The second-order valence-corrected chi connectivity index (χ2v) is 7.27. The fourth-order valence-electron chi connectivity index (χ4n) is 3.28. The lowest BCUT2D eigenvalue weighted by molar-refractivity contribution is -0.384. The first kappa shape index (κ1) is 18.1. The molecule has 0 amide bonds. The molecule has 0 N–H and O–H groups in total. The van der Waals surface area contributed by atoms with Crippen LogP contribution >= 0.6 is 15.9 Å². The predicted molar refractivity (Wildman–Crippen MR) is 117 cm³/mol. The second-order valence-electron chi connectivity index (χ2n) is 6.42. The maximum atomic E-state index is 11.8. The van der Waals surface area contributed by atoms with Crippen LogP contribution in [-0.2, 0) is 0 Å². The minimum Gasteiger partial charge on any atom is -0.258 e. The molecule has 4 heteroatoms. The quantitative estimate of drug-likeness (QED) is 0.251. The van der Waals surface area contributed by atoms with E-state index in [0.717, 1.165) is 27.8 Å². The first-order valence-corrected chi connectivity index (χ1v) is 9.62. The molecule has 4 aromatic carbocycles. The third-order valence-corrected chi connectivity index (χ3v) is 5.28. The van der Waals surface area contributed by atoms with Gasteiger partial charge in [0.1, 0.15) is 0 Å². The van der Waals surface area contributed by atoms with Gasteiger partial charge in [0, 0.05) is 10.5 Å². The van der Waals surface area contributed by atoms with E-state index < -0.39 is 0 Å². The van der Waals surface area contributed by atoms with E-state index in [0.29, 0.717) is 10.0 Å². The molecule has 3 nitrogen and oxygen atoms in total. The van der Waals surface area contributed by atoms with Gasteiger partial charge in [0.2, 0.25) is 0 Å². The predicted octanol–water partition coefficient (Wildman–Crippen LogP) is 7.36. The molecule has 136 valence electrons. The highest BCUT2D eigenvalue weighted by Gasteiger charge is 2.20. The Morgan fingerprint density at radius 1 is 0.607 bits per heavy atom. The van der Waals surface area contributed by atoms with Crippen molar-refractivity contribution in [3.63, 3.8) is 0 Å². The van der Waals surface area contributed by atoms with Gasteiger partial charge in [0.15, 0.2) is 0 Å². The van der Waals surface area contributed by atoms with Crippen LogP contribution in [0.25, 0.3) is 33.4 Å². The monoisotopic (exact) mass is 429 g/mol. The fraction of sp³-hybridized carbons (Fsp3) is 0. The molecule has 0 aromatic heterocycles. The van der Waals surface area contributed by atoms with Crippen molar-refractivity contribution in [2.75, 3.05) is 0 Å². The molecule has 0 saturated heterocycles. The zero-order valence-electron chi connectivity index (χ0n) is 14.9. The molecule has 0 aliphatic heterocycles. The third kappa shape index (κ3) is 3.59. The van der Waals surface area contributed by atoms with Gasteiger partial charge in [-0.1, -0.05) is 84.9 Å². The largest absolute Gasteiger partial charge is 0.278 e. The molecule has 0 radical (unpaired) electrons. The number of hydrogen-bond acceptors (Lipinski definition) is 2. The number of nitro groups is 1. The van der Waals surface area contributed by atoms with Crippen molar-refractivity contribution in [2.24, 2.45) is 0 Å². The number of nitro benzene ring substituents is 1. The molecule has 0 heterocycles. The molecule has 0 saturated carbocycles. The summed E-state index contributed by atoms with van der Waals surface area (Å²) in [5.74, 6) is 0. The maximum Gasteiger partial charge on any atom is 0.278 e. The van der Waals surface area contributed by atoms with E-state index >= 15 is 0 Å². The lowest BCUT2D eigenvalue weighted by Gasteiger charge is -2.10. The van der Waals surface area contributed by atoms with E-state index in [2.05, 4.69) is 28.1 Å². The van der Waals surface area contributed by atoms with Crippen molar-refractivity contribution in [3.8, 4) is 33.4 Å². The standard InChI is InChI=1S/C24H16BrNO2/c25-22-15-21(16-23(26(27)28)24(22)20-9-5-2-6-10-20)19-13-11-18(12-14-19)17-7-3-1-4-8-17/h1-16H. The molecule has 0 aliphatic rings. The molecular weight excluding hydrogens is 414 g/mol. The summed E-state index contributed by atoms with van der Waals surface area (Å²) in [6.07, 6.45) is 0.